The minimum atomic E-state index is -3.83. The molecular weight excluding hydrogens is 568 g/mol. The molecule has 3 aliphatic rings. The number of anilines is 1. The Balaban J connectivity index is 1.25. The first-order valence-electron chi connectivity index (χ1n) is 15.2. The molecule has 3 heterocycles. The Morgan fingerprint density at radius 1 is 0.977 bits per heavy atom. The summed E-state index contributed by atoms with van der Waals surface area (Å²) in [7, 11) is 1.25. The van der Waals surface area contributed by atoms with Crippen molar-refractivity contribution < 1.29 is 22.7 Å². The fourth-order valence-electron chi connectivity index (χ4n) is 6.04. The van der Waals surface area contributed by atoms with E-state index in [1.807, 2.05) is 6.07 Å². The molecule has 2 saturated heterocycles. The normalized spacial score (nSPS) is 19.7. The van der Waals surface area contributed by atoms with E-state index >= 15 is 0 Å². The van der Waals surface area contributed by atoms with Crippen molar-refractivity contribution in [3.63, 3.8) is 0 Å². The zero-order valence-corrected chi connectivity index (χ0v) is 26.5. The van der Waals surface area contributed by atoms with Crippen molar-refractivity contribution in [2.24, 2.45) is 0 Å². The smallest absolute Gasteiger partial charge is 0.257 e. The van der Waals surface area contributed by atoms with Gasteiger partial charge in [0.2, 0.25) is 10.0 Å². The number of fused-ring (bicyclic) bond motifs is 1. The summed E-state index contributed by atoms with van der Waals surface area (Å²) >= 11 is 0. The minimum absolute atomic E-state index is 0.105. The molecule has 1 N–H and O–H groups in total. The highest BCUT2D eigenvalue weighted by molar-refractivity contribution is 7.89. The number of sulfonamides is 1. The Morgan fingerprint density at radius 3 is 2.42 bits per heavy atom. The van der Waals surface area contributed by atoms with Gasteiger partial charge in [0, 0.05) is 85.6 Å². The minimum Gasteiger partial charge on any atom is -0.482 e. The van der Waals surface area contributed by atoms with Gasteiger partial charge < -0.3 is 24.6 Å². The zero-order valence-electron chi connectivity index (χ0n) is 25.7. The zero-order chi connectivity index (χ0) is 30.4. The highest BCUT2D eigenvalue weighted by Gasteiger charge is 2.31. The standard InChI is InChI=1S/C31H46N6O5S/c1-33(2)43(39,40)31-28(37-15-13-34(3)14-16-37)9-6-10-29(31)42-24-30(38)32-21-27(36-17-19-41-20-18-36)23-35-12-11-25-7-4-5-8-26(25)22-35/h4-10,27H,11-24H2,1-3H3,(H,32,38)/t27-/m1/s1. The van der Waals surface area contributed by atoms with E-state index < -0.39 is 10.0 Å². The van der Waals surface area contributed by atoms with E-state index in [2.05, 4.69) is 56.2 Å². The maximum Gasteiger partial charge on any atom is 0.257 e. The Morgan fingerprint density at radius 2 is 1.70 bits per heavy atom. The number of nitrogens with zero attached hydrogens (tertiary/aromatic N) is 5. The van der Waals surface area contributed by atoms with Crippen LogP contribution in [-0.4, -0.2) is 139 Å². The van der Waals surface area contributed by atoms with Crippen molar-refractivity contribution in [3.05, 3.63) is 53.6 Å². The van der Waals surface area contributed by atoms with Crippen molar-refractivity contribution >= 4 is 21.6 Å². The van der Waals surface area contributed by atoms with Gasteiger partial charge in [0.15, 0.2) is 6.61 Å². The predicted molar refractivity (Wildman–Crippen MR) is 167 cm³/mol. The van der Waals surface area contributed by atoms with E-state index in [1.165, 1.54) is 29.5 Å². The summed E-state index contributed by atoms with van der Waals surface area (Å²) in [6.45, 7) is 9.05. The van der Waals surface area contributed by atoms with Crippen LogP contribution in [-0.2, 0) is 32.5 Å². The molecule has 0 aromatic heterocycles. The fraction of sp³-hybridized carbons (Fsp3) is 0.581. The average Bonchev–Trinajstić information content (AvgIpc) is 3.02. The Hall–Kier alpha value is -2.74. The van der Waals surface area contributed by atoms with Gasteiger partial charge in [0.1, 0.15) is 10.6 Å². The summed E-state index contributed by atoms with van der Waals surface area (Å²) in [5, 5.41) is 3.07. The molecule has 0 bridgehead atoms. The number of amides is 1. The van der Waals surface area contributed by atoms with E-state index in [0.717, 1.165) is 52.2 Å². The molecule has 2 aromatic carbocycles. The van der Waals surface area contributed by atoms with E-state index in [1.54, 1.807) is 12.1 Å². The molecule has 2 fully saturated rings. The van der Waals surface area contributed by atoms with Crippen LogP contribution in [0.15, 0.2) is 47.4 Å². The number of nitrogens with one attached hydrogen (secondary N) is 1. The highest BCUT2D eigenvalue weighted by Crippen LogP contribution is 2.36. The topological polar surface area (TPSA) is 97.9 Å². The number of piperazine rings is 1. The van der Waals surface area contributed by atoms with E-state index in [0.29, 0.717) is 38.5 Å². The van der Waals surface area contributed by atoms with Gasteiger partial charge in [-0.2, -0.15) is 0 Å². The van der Waals surface area contributed by atoms with Crippen molar-refractivity contribution in [1.82, 2.24) is 24.3 Å². The molecule has 1 amide bonds. The third-order valence-corrected chi connectivity index (χ3v) is 10.6. The molecule has 236 valence electrons. The number of carbonyl (C=O) groups is 1. The van der Waals surface area contributed by atoms with E-state index in [4.69, 9.17) is 9.47 Å². The van der Waals surface area contributed by atoms with Gasteiger partial charge in [0.25, 0.3) is 5.91 Å². The summed E-state index contributed by atoms with van der Waals surface area (Å²) < 4.78 is 39.7. The van der Waals surface area contributed by atoms with Crippen molar-refractivity contribution in [2.75, 3.05) is 105 Å². The molecule has 11 nitrogen and oxygen atoms in total. The second-order valence-electron chi connectivity index (χ2n) is 11.8. The van der Waals surface area contributed by atoms with Gasteiger partial charge in [0.05, 0.1) is 18.9 Å². The number of carbonyl (C=O) groups excluding carboxylic acids is 1. The summed E-state index contributed by atoms with van der Waals surface area (Å²) in [6.07, 6.45) is 1.03. The number of hydrogen-bond donors (Lipinski definition) is 1. The number of hydrogen-bond acceptors (Lipinski definition) is 9. The number of likely N-dealkylation sites (N-methyl/N-ethyl adjacent to an activating group) is 1. The number of morpholine rings is 1. The molecule has 1 atom stereocenters. The predicted octanol–water partition coefficient (Wildman–Crippen LogP) is 0.943. The third kappa shape index (κ3) is 7.86. The molecule has 3 aliphatic heterocycles. The lowest BCUT2D eigenvalue weighted by Gasteiger charge is -2.39. The summed E-state index contributed by atoms with van der Waals surface area (Å²) in [4.78, 5) is 22.4. The number of rotatable bonds is 11. The van der Waals surface area contributed by atoms with Crippen molar-refractivity contribution in [1.29, 1.82) is 0 Å². The van der Waals surface area contributed by atoms with Crippen LogP contribution in [0.25, 0.3) is 0 Å². The van der Waals surface area contributed by atoms with Crippen LogP contribution in [0.2, 0.25) is 0 Å². The van der Waals surface area contributed by atoms with Crippen LogP contribution < -0.4 is 15.0 Å². The molecule has 43 heavy (non-hydrogen) atoms. The van der Waals surface area contributed by atoms with Gasteiger partial charge in [-0.3, -0.25) is 14.6 Å². The van der Waals surface area contributed by atoms with Gasteiger partial charge >= 0.3 is 0 Å². The summed E-state index contributed by atoms with van der Waals surface area (Å²) in [5.41, 5.74) is 3.39. The molecule has 2 aromatic rings. The van der Waals surface area contributed by atoms with Crippen LogP contribution in [0.5, 0.6) is 5.75 Å². The summed E-state index contributed by atoms with van der Waals surface area (Å²) in [6, 6.07) is 14.0. The molecule has 0 aliphatic carbocycles. The van der Waals surface area contributed by atoms with E-state index in [-0.39, 0.29) is 29.2 Å². The lowest BCUT2D eigenvalue weighted by molar-refractivity contribution is -0.123. The van der Waals surface area contributed by atoms with Gasteiger partial charge in [-0.25, -0.2) is 12.7 Å². The molecule has 12 heteroatoms. The highest BCUT2D eigenvalue weighted by atomic mass is 32.2. The maximum atomic E-state index is 13.5. The van der Waals surface area contributed by atoms with Crippen molar-refractivity contribution in [3.8, 4) is 5.75 Å². The van der Waals surface area contributed by atoms with Crippen molar-refractivity contribution in [2.45, 2.75) is 23.9 Å². The molecule has 0 unspecified atom stereocenters. The molecule has 0 spiro atoms. The van der Waals surface area contributed by atoms with Gasteiger partial charge in [-0.15, -0.1) is 0 Å². The Bertz CT molecular complexity index is 1340. The number of ether oxygens (including phenoxy) is 2. The van der Waals surface area contributed by atoms with Crippen LogP contribution in [0.4, 0.5) is 5.69 Å². The molecule has 0 radical (unpaired) electrons. The van der Waals surface area contributed by atoms with Gasteiger partial charge in [-0.05, 0) is 36.7 Å². The SMILES string of the molecule is CN1CCN(c2cccc(OCC(=O)NC[C@H](CN3CCc4ccccc4C3)N3CCOCC3)c2S(=O)(=O)N(C)C)CC1. The lowest BCUT2D eigenvalue weighted by atomic mass is 9.99. The largest absolute Gasteiger partial charge is 0.482 e. The summed E-state index contributed by atoms with van der Waals surface area (Å²) in [5.74, 6) is -0.0857. The maximum absolute atomic E-state index is 13.5. The Kier molecular flexibility index (Phi) is 10.6. The van der Waals surface area contributed by atoms with E-state index in [9.17, 15) is 13.2 Å². The first-order valence-corrected chi connectivity index (χ1v) is 16.7. The fourth-order valence-corrected chi connectivity index (χ4v) is 7.25. The lowest BCUT2D eigenvalue weighted by Crippen LogP contribution is -2.54. The van der Waals surface area contributed by atoms with Gasteiger partial charge in [-0.1, -0.05) is 30.3 Å². The molecule has 5 rings (SSSR count). The number of benzene rings is 2. The first-order chi connectivity index (χ1) is 20.7. The van der Waals surface area contributed by atoms with Crippen LogP contribution in [0.3, 0.4) is 0 Å². The Labute approximate surface area is 256 Å². The second kappa shape index (κ2) is 14.4. The van der Waals surface area contributed by atoms with Crippen LogP contribution in [0, 0.1) is 0 Å². The second-order valence-corrected chi connectivity index (χ2v) is 13.9. The average molecular weight is 615 g/mol. The third-order valence-electron chi connectivity index (χ3n) is 8.68. The molecular formula is C31H46N6O5S. The van der Waals surface area contributed by atoms with Crippen LogP contribution >= 0.6 is 0 Å². The molecule has 0 saturated carbocycles. The van der Waals surface area contributed by atoms with Crippen LogP contribution in [0.1, 0.15) is 11.1 Å². The monoisotopic (exact) mass is 614 g/mol. The first kappa shape index (κ1) is 31.7. The quantitative estimate of drug-likeness (QED) is 0.397.